The number of fused-ring (bicyclic) bond motifs is 1. The van der Waals surface area contributed by atoms with E-state index in [2.05, 4.69) is 20.3 Å². The van der Waals surface area contributed by atoms with E-state index in [4.69, 9.17) is 0 Å². The first-order chi connectivity index (χ1) is 11.5. The number of nitrogens with zero attached hydrogens (tertiary/aromatic N) is 2. The summed E-state index contributed by atoms with van der Waals surface area (Å²) in [5, 5.41) is 2.98. The molecule has 2 aromatic heterocycles. The van der Waals surface area contributed by atoms with E-state index < -0.39 is 0 Å². The van der Waals surface area contributed by atoms with Gasteiger partial charge in [-0.05, 0) is 38.5 Å². The summed E-state index contributed by atoms with van der Waals surface area (Å²) in [6.45, 7) is 5.86. The van der Waals surface area contributed by atoms with Gasteiger partial charge < -0.3 is 15.3 Å². The lowest BCUT2D eigenvalue weighted by Crippen LogP contribution is -2.29. The van der Waals surface area contributed by atoms with Gasteiger partial charge in [-0.25, -0.2) is 9.78 Å². The number of H-pyrrole nitrogens is 2. The van der Waals surface area contributed by atoms with Gasteiger partial charge in [0.25, 0.3) is 5.91 Å². The molecule has 0 fully saturated rings. The molecular formula is C17H21N5O2. The Hall–Kier alpha value is -2.83. The Morgan fingerprint density at radius 1 is 1.38 bits per heavy atom. The smallest absolute Gasteiger partial charge is 0.326 e. The van der Waals surface area contributed by atoms with Crippen LogP contribution in [0.3, 0.4) is 0 Å². The summed E-state index contributed by atoms with van der Waals surface area (Å²) in [6, 6.07) is 5.06. The molecule has 1 amide bonds. The highest BCUT2D eigenvalue weighted by Gasteiger charge is 2.17. The van der Waals surface area contributed by atoms with Crippen LogP contribution in [0, 0.1) is 0 Å². The van der Waals surface area contributed by atoms with Gasteiger partial charge >= 0.3 is 5.69 Å². The predicted octanol–water partition coefficient (Wildman–Crippen LogP) is 2.51. The number of imidazole rings is 2. The SMILES string of the molecule is CCC(NC(=O)c1ccc2[nH]c(=O)n(C(C)C)c2c1)c1ncc[nH]1. The van der Waals surface area contributed by atoms with Crippen LogP contribution >= 0.6 is 0 Å². The highest BCUT2D eigenvalue weighted by molar-refractivity contribution is 5.97. The van der Waals surface area contributed by atoms with E-state index in [9.17, 15) is 9.59 Å². The topological polar surface area (TPSA) is 95.6 Å². The van der Waals surface area contributed by atoms with Crippen LogP contribution in [0.4, 0.5) is 0 Å². The molecule has 7 heteroatoms. The van der Waals surface area contributed by atoms with E-state index in [-0.39, 0.29) is 23.7 Å². The summed E-state index contributed by atoms with van der Waals surface area (Å²) in [5.41, 5.74) is 1.80. The molecule has 0 saturated heterocycles. The highest BCUT2D eigenvalue weighted by atomic mass is 16.2. The Labute approximate surface area is 139 Å². The summed E-state index contributed by atoms with van der Waals surface area (Å²) in [6.07, 6.45) is 4.12. The van der Waals surface area contributed by atoms with Gasteiger partial charge in [0.2, 0.25) is 0 Å². The molecule has 126 valence electrons. The third-order valence-corrected chi connectivity index (χ3v) is 4.06. The molecule has 1 atom stereocenters. The lowest BCUT2D eigenvalue weighted by molar-refractivity contribution is 0.0934. The van der Waals surface area contributed by atoms with Crippen molar-refractivity contribution in [3.63, 3.8) is 0 Å². The molecule has 3 N–H and O–H groups in total. The van der Waals surface area contributed by atoms with Crippen LogP contribution in [0.2, 0.25) is 0 Å². The fourth-order valence-corrected chi connectivity index (χ4v) is 2.85. The van der Waals surface area contributed by atoms with Gasteiger partial charge in [-0.2, -0.15) is 0 Å². The molecular weight excluding hydrogens is 306 g/mol. The standard InChI is InChI=1S/C17H21N5O2/c1-4-12(15-18-7-8-19-15)20-16(23)11-5-6-13-14(9-11)22(10(2)3)17(24)21-13/h5-10,12H,4H2,1-3H3,(H,18,19)(H,20,23)(H,21,24). The molecule has 24 heavy (non-hydrogen) atoms. The molecule has 0 radical (unpaired) electrons. The molecule has 1 aromatic carbocycles. The van der Waals surface area contributed by atoms with Crippen molar-refractivity contribution in [2.24, 2.45) is 0 Å². The van der Waals surface area contributed by atoms with E-state index in [1.165, 1.54) is 0 Å². The molecule has 2 heterocycles. The molecule has 7 nitrogen and oxygen atoms in total. The highest BCUT2D eigenvalue weighted by Crippen LogP contribution is 2.18. The van der Waals surface area contributed by atoms with E-state index in [0.29, 0.717) is 5.56 Å². The van der Waals surface area contributed by atoms with E-state index in [1.54, 1.807) is 35.2 Å². The number of carbonyl (C=O) groups is 1. The molecule has 3 rings (SSSR count). The zero-order valence-corrected chi connectivity index (χ0v) is 14.0. The maximum atomic E-state index is 12.6. The molecule has 1 unspecified atom stereocenters. The second-order valence-corrected chi connectivity index (χ2v) is 6.03. The van der Waals surface area contributed by atoms with Crippen molar-refractivity contribution in [2.45, 2.75) is 39.3 Å². The number of carbonyl (C=O) groups excluding carboxylic acids is 1. The number of amides is 1. The van der Waals surface area contributed by atoms with Gasteiger partial charge in [0.05, 0.1) is 17.1 Å². The van der Waals surface area contributed by atoms with Crippen molar-refractivity contribution in [3.8, 4) is 0 Å². The number of aromatic amines is 2. The number of benzene rings is 1. The van der Waals surface area contributed by atoms with Gasteiger partial charge in [0, 0.05) is 24.0 Å². The zero-order chi connectivity index (χ0) is 17.3. The van der Waals surface area contributed by atoms with Crippen LogP contribution in [0.1, 0.15) is 55.5 Å². The van der Waals surface area contributed by atoms with Crippen LogP contribution < -0.4 is 11.0 Å². The number of rotatable bonds is 5. The Balaban J connectivity index is 1.92. The quantitative estimate of drug-likeness (QED) is 0.672. The minimum atomic E-state index is -0.191. The number of nitrogens with one attached hydrogen (secondary N) is 3. The van der Waals surface area contributed by atoms with Gasteiger partial charge in [-0.3, -0.25) is 9.36 Å². The lowest BCUT2D eigenvalue weighted by Gasteiger charge is -2.15. The van der Waals surface area contributed by atoms with Crippen LogP contribution in [0.15, 0.2) is 35.4 Å². The zero-order valence-electron chi connectivity index (χ0n) is 14.0. The summed E-state index contributed by atoms with van der Waals surface area (Å²) >= 11 is 0. The molecule has 0 aliphatic rings. The monoisotopic (exact) mass is 327 g/mol. The van der Waals surface area contributed by atoms with Crippen molar-refractivity contribution in [1.82, 2.24) is 24.8 Å². The summed E-state index contributed by atoms with van der Waals surface area (Å²) in [4.78, 5) is 34.7. The van der Waals surface area contributed by atoms with Gasteiger partial charge in [0.1, 0.15) is 5.82 Å². The lowest BCUT2D eigenvalue weighted by atomic mass is 10.1. The van der Waals surface area contributed by atoms with Crippen LogP contribution in [0.25, 0.3) is 11.0 Å². The largest absolute Gasteiger partial charge is 0.347 e. The Morgan fingerprint density at radius 2 is 2.17 bits per heavy atom. The molecule has 3 aromatic rings. The third-order valence-electron chi connectivity index (χ3n) is 4.06. The first-order valence-electron chi connectivity index (χ1n) is 8.05. The maximum absolute atomic E-state index is 12.6. The third kappa shape index (κ3) is 2.84. The Morgan fingerprint density at radius 3 is 2.79 bits per heavy atom. The molecule has 0 aliphatic carbocycles. The molecule has 0 saturated carbocycles. The first-order valence-corrected chi connectivity index (χ1v) is 8.05. The first kappa shape index (κ1) is 16.0. The maximum Gasteiger partial charge on any atom is 0.326 e. The minimum absolute atomic E-state index is 0.0103. The number of hydrogen-bond donors (Lipinski definition) is 3. The second-order valence-electron chi connectivity index (χ2n) is 6.03. The van der Waals surface area contributed by atoms with E-state index in [0.717, 1.165) is 23.3 Å². The van der Waals surface area contributed by atoms with Crippen molar-refractivity contribution >= 4 is 16.9 Å². The average molecular weight is 327 g/mol. The fraction of sp³-hybridized carbons (Fsp3) is 0.353. The Kier molecular flexibility index (Phi) is 4.24. The summed E-state index contributed by atoms with van der Waals surface area (Å²) in [7, 11) is 0. The van der Waals surface area contributed by atoms with Crippen LogP contribution in [-0.2, 0) is 0 Å². The van der Waals surface area contributed by atoms with E-state index >= 15 is 0 Å². The summed E-state index contributed by atoms with van der Waals surface area (Å²) in [5.74, 6) is 0.539. The normalized spacial score (nSPS) is 12.7. The average Bonchev–Trinajstić information content (AvgIpc) is 3.18. The van der Waals surface area contributed by atoms with Crippen molar-refractivity contribution < 1.29 is 4.79 Å². The van der Waals surface area contributed by atoms with Gasteiger partial charge in [-0.1, -0.05) is 6.92 Å². The molecule has 0 spiro atoms. The van der Waals surface area contributed by atoms with E-state index in [1.807, 2.05) is 20.8 Å². The predicted molar refractivity (Wildman–Crippen MR) is 92.0 cm³/mol. The number of aromatic nitrogens is 4. The molecule has 0 bridgehead atoms. The fourth-order valence-electron chi connectivity index (χ4n) is 2.85. The Bertz CT molecular complexity index is 905. The van der Waals surface area contributed by atoms with Crippen molar-refractivity contribution in [3.05, 3.63) is 52.5 Å². The minimum Gasteiger partial charge on any atom is -0.347 e. The van der Waals surface area contributed by atoms with Crippen molar-refractivity contribution in [1.29, 1.82) is 0 Å². The molecule has 0 aliphatic heterocycles. The second kappa shape index (κ2) is 6.35. The number of hydrogen-bond acceptors (Lipinski definition) is 3. The summed E-state index contributed by atoms with van der Waals surface area (Å²) < 4.78 is 1.65. The van der Waals surface area contributed by atoms with Gasteiger partial charge in [-0.15, -0.1) is 0 Å². The van der Waals surface area contributed by atoms with Crippen LogP contribution in [0.5, 0.6) is 0 Å². The van der Waals surface area contributed by atoms with Crippen molar-refractivity contribution in [2.75, 3.05) is 0 Å². The van der Waals surface area contributed by atoms with Crippen LogP contribution in [-0.4, -0.2) is 25.4 Å². The van der Waals surface area contributed by atoms with Gasteiger partial charge in [0.15, 0.2) is 0 Å².